The van der Waals surface area contributed by atoms with Crippen LogP contribution in [0.3, 0.4) is 0 Å². The Morgan fingerprint density at radius 2 is 1.76 bits per heavy atom. The van der Waals surface area contributed by atoms with Crippen molar-refractivity contribution >= 4 is 11.6 Å². The van der Waals surface area contributed by atoms with Crippen LogP contribution >= 0.6 is 0 Å². The Bertz CT molecular complexity index is 542. The van der Waals surface area contributed by atoms with Crippen LogP contribution in [0.15, 0.2) is 36.7 Å². The van der Waals surface area contributed by atoms with Crippen molar-refractivity contribution in [2.45, 2.75) is 19.9 Å². The van der Waals surface area contributed by atoms with Crippen molar-refractivity contribution in [3.05, 3.63) is 47.8 Å². The van der Waals surface area contributed by atoms with Crippen molar-refractivity contribution in [2.24, 2.45) is 0 Å². The summed E-state index contributed by atoms with van der Waals surface area (Å²) in [5, 5.41) is 6.56. The Hall–Kier alpha value is -2.14. The monoisotopic (exact) mass is 286 g/mol. The molecule has 0 unspecified atom stereocenters. The second-order valence-electron chi connectivity index (χ2n) is 4.90. The van der Waals surface area contributed by atoms with Crippen LogP contribution in [-0.4, -0.2) is 30.2 Å². The van der Waals surface area contributed by atoms with Crippen molar-refractivity contribution in [2.75, 3.05) is 30.9 Å². The van der Waals surface area contributed by atoms with Crippen LogP contribution in [-0.2, 0) is 11.3 Å². The maximum Gasteiger partial charge on any atom is 0.131 e. The summed E-state index contributed by atoms with van der Waals surface area (Å²) in [6.07, 6.45) is 2.52. The summed E-state index contributed by atoms with van der Waals surface area (Å²) in [7, 11) is 1.71. The fourth-order valence-electron chi connectivity index (χ4n) is 1.88. The van der Waals surface area contributed by atoms with E-state index < -0.39 is 0 Å². The Kier molecular flexibility index (Phi) is 5.97. The zero-order valence-corrected chi connectivity index (χ0v) is 12.6. The first-order valence-electron chi connectivity index (χ1n) is 7.12. The van der Waals surface area contributed by atoms with E-state index >= 15 is 0 Å². The predicted molar refractivity (Wildman–Crippen MR) is 85.5 cm³/mol. The summed E-state index contributed by atoms with van der Waals surface area (Å²) in [5.41, 5.74) is 2.50. The molecule has 0 fully saturated rings. The number of rotatable bonds is 8. The number of hydrogen-bond donors (Lipinski definition) is 2. The first-order valence-corrected chi connectivity index (χ1v) is 7.12. The second-order valence-corrected chi connectivity index (χ2v) is 4.90. The van der Waals surface area contributed by atoms with Crippen LogP contribution in [0, 0.1) is 6.92 Å². The third-order valence-corrected chi connectivity index (χ3v) is 3.09. The molecule has 0 spiro atoms. The van der Waals surface area contributed by atoms with Gasteiger partial charge in [-0.3, -0.25) is 0 Å². The molecule has 2 rings (SSSR count). The molecule has 0 saturated heterocycles. The van der Waals surface area contributed by atoms with E-state index in [1.807, 2.05) is 6.07 Å². The van der Waals surface area contributed by atoms with E-state index in [4.69, 9.17) is 4.74 Å². The molecule has 0 bridgehead atoms. The number of ether oxygens (including phenoxy) is 1. The van der Waals surface area contributed by atoms with Crippen LogP contribution in [0.4, 0.5) is 11.6 Å². The number of aromatic nitrogens is 2. The van der Waals surface area contributed by atoms with Crippen molar-refractivity contribution in [1.29, 1.82) is 0 Å². The number of nitrogens with zero attached hydrogens (tertiary/aromatic N) is 2. The van der Waals surface area contributed by atoms with Crippen molar-refractivity contribution in [1.82, 2.24) is 9.97 Å². The number of anilines is 2. The SMILES string of the molecule is COCCCNc1cc(NCc2ccc(C)cc2)ncn1. The molecule has 0 amide bonds. The normalized spacial score (nSPS) is 10.4. The third-order valence-electron chi connectivity index (χ3n) is 3.09. The first kappa shape index (κ1) is 15.3. The first-order chi connectivity index (χ1) is 10.3. The number of methoxy groups -OCH3 is 1. The lowest BCUT2D eigenvalue weighted by Crippen LogP contribution is -2.07. The average molecular weight is 286 g/mol. The van der Waals surface area contributed by atoms with Gasteiger partial charge in [-0.05, 0) is 18.9 Å². The van der Waals surface area contributed by atoms with Crippen molar-refractivity contribution < 1.29 is 4.74 Å². The fraction of sp³-hybridized carbons (Fsp3) is 0.375. The molecule has 2 N–H and O–H groups in total. The van der Waals surface area contributed by atoms with Crippen molar-refractivity contribution in [3.63, 3.8) is 0 Å². The highest BCUT2D eigenvalue weighted by atomic mass is 16.5. The molecule has 1 heterocycles. The van der Waals surface area contributed by atoms with E-state index in [9.17, 15) is 0 Å². The van der Waals surface area contributed by atoms with Gasteiger partial charge in [0.25, 0.3) is 0 Å². The standard InChI is InChI=1S/C16H22N4O/c1-13-4-6-14(7-5-13)11-18-16-10-15(19-12-20-16)17-8-3-9-21-2/h4-7,10,12H,3,8-9,11H2,1-2H3,(H2,17,18,19,20). The molecule has 112 valence electrons. The molecule has 0 atom stereocenters. The minimum Gasteiger partial charge on any atom is -0.385 e. The fourth-order valence-corrected chi connectivity index (χ4v) is 1.88. The highest BCUT2D eigenvalue weighted by Crippen LogP contribution is 2.11. The van der Waals surface area contributed by atoms with Gasteiger partial charge in [0.15, 0.2) is 0 Å². The third kappa shape index (κ3) is 5.39. The lowest BCUT2D eigenvalue weighted by atomic mass is 10.1. The van der Waals surface area contributed by atoms with Crippen LogP contribution < -0.4 is 10.6 Å². The molecule has 0 aliphatic rings. The van der Waals surface area contributed by atoms with Gasteiger partial charge in [-0.15, -0.1) is 0 Å². The molecule has 0 aliphatic carbocycles. The van der Waals surface area contributed by atoms with Gasteiger partial charge in [-0.25, -0.2) is 9.97 Å². The van der Waals surface area contributed by atoms with E-state index in [0.29, 0.717) is 0 Å². The minimum absolute atomic E-state index is 0.747. The quantitative estimate of drug-likeness (QED) is 0.731. The zero-order valence-electron chi connectivity index (χ0n) is 12.6. The van der Waals surface area contributed by atoms with Crippen LogP contribution in [0.25, 0.3) is 0 Å². The molecule has 21 heavy (non-hydrogen) atoms. The van der Waals surface area contributed by atoms with Crippen LogP contribution in [0.5, 0.6) is 0 Å². The summed E-state index contributed by atoms with van der Waals surface area (Å²) in [4.78, 5) is 8.43. The molecular formula is C16H22N4O. The molecule has 0 radical (unpaired) electrons. The summed E-state index contributed by atoms with van der Waals surface area (Å²) in [6, 6.07) is 10.4. The molecule has 0 saturated carbocycles. The second kappa shape index (κ2) is 8.21. The summed E-state index contributed by atoms with van der Waals surface area (Å²) >= 11 is 0. The number of hydrogen-bond acceptors (Lipinski definition) is 5. The Balaban J connectivity index is 1.84. The van der Waals surface area contributed by atoms with Crippen LogP contribution in [0.2, 0.25) is 0 Å². The maximum absolute atomic E-state index is 5.01. The Morgan fingerprint density at radius 3 is 2.48 bits per heavy atom. The zero-order chi connectivity index (χ0) is 14.9. The predicted octanol–water partition coefficient (Wildman–Crippen LogP) is 2.85. The minimum atomic E-state index is 0.747. The lowest BCUT2D eigenvalue weighted by Gasteiger charge is -2.09. The van der Waals surface area contributed by atoms with E-state index in [1.54, 1.807) is 13.4 Å². The number of nitrogens with one attached hydrogen (secondary N) is 2. The van der Waals surface area contributed by atoms with Gasteiger partial charge in [0, 0.05) is 32.9 Å². The van der Waals surface area contributed by atoms with Gasteiger partial charge in [0.2, 0.25) is 0 Å². The Labute approximate surface area is 125 Å². The summed E-state index contributed by atoms with van der Waals surface area (Å²) < 4.78 is 5.01. The van der Waals surface area contributed by atoms with Gasteiger partial charge >= 0.3 is 0 Å². The largest absolute Gasteiger partial charge is 0.385 e. The van der Waals surface area contributed by atoms with Gasteiger partial charge in [-0.1, -0.05) is 29.8 Å². The molecule has 1 aromatic carbocycles. The maximum atomic E-state index is 5.01. The average Bonchev–Trinajstić information content (AvgIpc) is 2.52. The van der Waals surface area contributed by atoms with Crippen molar-refractivity contribution in [3.8, 4) is 0 Å². The van der Waals surface area contributed by atoms with E-state index in [1.165, 1.54) is 11.1 Å². The summed E-state index contributed by atoms with van der Waals surface area (Å²) in [6.45, 7) is 4.42. The number of aryl methyl sites for hydroxylation is 1. The van der Waals surface area contributed by atoms with Gasteiger partial charge in [-0.2, -0.15) is 0 Å². The van der Waals surface area contributed by atoms with Gasteiger partial charge in [0.05, 0.1) is 0 Å². The van der Waals surface area contributed by atoms with E-state index in [-0.39, 0.29) is 0 Å². The van der Waals surface area contributed by atoms with Gasteiger partial charge < -0.3 is 15.4 Å². The number of benzene rings is 1. The molecule has 0 aliphatic heterocycles. The smallest absolute Gasteiger partial charge is 0.131 e. The summed E-state index contributed by atoms with van der Waals surface area (Å²) in [5.74, 6) is 1.65. The topological polar surface area (TPSA) is 59.1 Å². The van der Waals surface area contributed by atoms with E-state index in [0.717, 1.165) is 37.8 Å². The molecule has 5 nitrogen and oxygen atoms in total. The van der Waals surface area contributed by atoms with Gasteiger partial charge in [0.1, 0.15) is 18.0 Å². The molecular weight excluding hydrogens is 264 g/mol. The molecule has 5 heteroatoms. The Morgan fingerprint density at radius 1 is 1.05 bits per heavy atom. The lowest BCUT2D eigenvalue weighted by molar-refractivity contribution is 0.198. The van der Waals surface area contributed by atoms with Crippen LogP contribution in [0.1, 0.15) is 17.5 Å². The molecule has 1 aromatic heterocycles. The highest BCUT2D eigenvalue weighted by Gasteiger charge is 1.99. The molecule has 2 aromatic rings. The van der Waals surface area contributed by atoms with E-state index in [2.05, 4.69) is 51.8 Å². The highest BCUT2D eigenvalue weighted by molar-refractivity contribution is 5.46.